The summed E-state index contributed by atoms with van der Waals surface area (Å²) >= 11 is 0. The number of H-pyrrole nitrogens is 1. The maximum Gasteiger partial charge on any atom is 0.258 e. The Labute approximate surface area is 244 Å². The third-order valence-corrected chi connectivity index (χ3v) is 6.34. The van der Waals surface area contributed by atoms with Gasteiger partial charge in [-0.15, -0.1) is 24.8 Å². The average Bonchev–Trinajstić information content (AvgIpc) is 3.48. The Balaban J connectivity index is 0.00000220. The zero-order valence-electron chi connectivity index (χ0n) is 22.8. The Bertz CT molecular complexity index is 1600. The first kappa shape index (κ1) is 30.5. The van der Waals surface area contributed by atoms with E-state index in [0.29, 0.717) is 46.3 Å². The molecule has 11 heteroatoms. The zero-order chi connectivity index (χ0) is 27.0. The number of hydrogen-bond donors (Lipinski definition) is 2. The summed E-state index contributed by atoms with van der Waals surface area (Å²) in [5.74, 6) is 1.03. The number of halogens is 2. The van der Waals surface area contributed by atoms with Crippen LogP contribution in [0, 0.1) is 6.92 Å². The quantitative estimate of drug-likeness (QED) is 0.298. The van der Waals surface area contributed by atoms with E-state index in [0.717, 1.165) is 16.9 Å². The molecule has 0 unspecified atom stereocenters. The van der Waals surface area contributed by atoms with Crippen LogP contribution in [-0.4, -0.2) is 54.0 Å². The number of benzene rings is 3. The van der Waals surface area contributed by atoms with Gasteiger partial charge in [0.2, 0.25) is 5.90 Å². The molecule has 3 aromatic carbocycles. The summed E-state index contributed by atoms with van der Waals surface area (Å²) in [5.41, 5.74) is 3.75. The number of fused-ring (bicyclic) bond motifs is 1. The maximum atomic E-state index is 13.5. The molecule has 0 saturated heterocycles. The van der Waals surface area contributed by atoms with Gasteiger partial charge in [0.05, 0.1) is 40.7 Å². The fourth-order valence-corrected chi connectivity index (χ4v) is 4.43. The molecule has 0 atom stereocenters. The number of amides is 2. The van der Waals surface area contributed by atoms with Crippen molar-refractivity contribution in [1.82, 2.24) is 9.97 Å². The Morgan fingerprint density at radius 2 is 1.82 bits per heavy atom. The molecule has 0 bridgehead atoms. The van der Waals surface area contributed by atoms with Crippen LogP contribution >= 0.6 is 24.8 Å². The highest BCUT2D eigenvalue weighted by atomic mass is 35.5. The fourth-order valence-electron chi connectivity index (χ4n) is 4.43. The number of rotatable bonds is 6. The van der Waals surface area contributed by atoms with E-state index < -0.39 is 0 Å². The molecule has 0 fully saturated rings. The lowest BCUT2D eigenvalue weighted by Gasteiger charge is -2.21. The van der Waals surface area contributed by atoms with Gasteiger partial charge >= 0.3 is 0 Å². The van der Waals surface area contributed by atoms with E-state index >= 15 is 0 Å². The van der Waals surface area contributed by atoms with Crippen molar-refractivity contribution < 1.29 is 19.1 Å². The number of aryl methyl sites for hydroxylation is 1. The molecule has 0 radical (unpaired) electrons. The van der Waals surface area contributed by atoms with Gasteiger partial charge in [-0.2, -0.15) is 0 Å². The summed E-state index contributed by atoms with van der Waals surface area (Å²) in [7, 11) is 3.20. The molecular weight excluding hydrogens is 553 g/mol. The highest BCUT2D eigenvalue weighted by Gasteiger charge is 2.29. The lowest BCUT2D eigenvalue weighted by Crippen LogP contribution is -2.28. The third-order valence-electron chi connectivity index (χ3n) is 6.34. The molecule has 2 amide bonds. The molecule has 2 N–H and O–H groups in total. The monoisotopic (exact) mass is 583 g/mol. The number of nitrogens with zero attached hydrogens (tertiary/aromatic N) is 3. The largest absolute Gasteiger partial charge is 0.495 e. The molecule has 2 heterocycles. The average molecular weight is 585 g/mol. The first-order chi connectivity index (χ1) is 18.2. The number of ether oxygens (including phenoxy) is 2. The van der Waals surface area contributed by atoms with Crippen molar-refractivity contribution in [3.05, 3.63) is 83.2 Å². The first-order valence-corrected chi connectivity index (χ1v) is 12.2. The van der Waals surface area contributed by atoms with Crippen molar-refractivity contribution in [2.24, 2.45) is 4.99 Å². The Morgan fingerprint density at radius 1 is 1.07 bits per heavy atom. The van der Waals surface area contributed by atoms with Crippen molar-refractivity contribution in [2.75, 3.05) is 31.0 Å². The van der Waals surface area contributed by atoms with E-state index in [2.05, 4.69) is 20.3 Å². The van der Waals surface area contributed by atoms with Crippen molar-refractivity contribution in [3.8, 4) is 5.75 Å². The molecule has 210 valence electrons. The summed E-state index contributed by atoms with van der Waals surface area (Å²) in [6, 6.07) is 17.8. The van der Waals surface area contributed by atoms with Gasteiger partial charge < -0.3 is 24.7 Å². The first-order valence-electron chi connectivity index (χ1n) is 12.2. The summed E-state index contributed by atoms with van der Waals surface area (Å²) in [6.45, 7) is 6.32. The van der Waals surface area contributed by atoms with Crippen LogP contribution in [0.15, 0.2) is 65.7 Å². The zero-order valence-corrected chi connectivity index (χ0v) is 24.4. The second kappa shape index (κ2) is 12.0. The number of aromatic nitrogens is 2. The Morgan fingerprint density at radius 3 is 2.52 bits per heavy atom. The molecule has 0 spiro atoms. The van der Waals surface area contributed by atoms with Crippen molar-refractivity contribution in [3.63, 3.8) is 0 Å². The fraction of sp³-hybridized carbons (Fsp3) is 0.241. The van der Waals surface area contributed by atoms with Crippen LogP contribution in [0.2, 0.25) is 0 Å². The van der Waals surface area contributed by atoms with E-state index in [-0.39, 0.29) is 42.2 Å². The SMILES string of the molecule is COc1cc(C(=O)N(C)c2ccccc2C2=NC(C)(C)CO2)ccc1NC(=O)c1cccc2[nH]c(C)nc12.Cl.Cl. The minimum atomic E-state index is -0.328. The molecule has 0 saturated carbocycles. The number of imidazole rings is 1. The van der Waals surface area contributed by atoms with Gasteiger partial charge in [-0.1, -0.05) is 18.2 Å². The van der Waals surface area contributed by atoms with E-state index in [1.54, 1.807) is 42.3 Å². The number of para-hydroxylation sites is 2. The maximum absolute atomic E-state index is 13.5. The molecule has 9 nitrogen and oxygen atoms in total. The van der Waals surface area contributed by atoms with Crippen molar-refractivity contribution in [2.45, 2.75) is 26.3 Å². The van der Waals surface area contributed by atoms with Gasteiger partial charge in [0.25, 0.3) is 11.8 Å². The molecule has 1 aromatic heterocycles. The molecule has 1 aliphatic rings. The second-order valence-electron chi connectivity index (χ2n) is 9.79. The number of aliphatic imine (C=N–C) groups is 1. The van der Waals surface area contributed by atoms with Crippen LogP contribution in [-0.2, 0) is 4.74 Å². The molecule has 0 aliphatic carbocycles. The van der Waals surface area contributed by atoms with Crippen LogP contribution < -0.4 is 15.0 Å². The number of methoxy groups -OCH3 is 1. The Hall–Kier alpha value is -4.08. The normalized spacial score (nSPS) is 13.4. The van der Waals surface area contributed by atoms with Crippen LogP contribution in [0.5, 0.6) is 5.75 Å². The number of aromatic amines is 1. The van der Waals surface area contributed by atoms with Gasteiger partial charge in [0.1, 0.15) is 23.7 Å². The highest BCUT2D eigenvalue weighted by Crippen LogP contribution is 2.30. The van der Waals surface area contributed by atoms with E-state index in [1.807, 2.05) is 51.1 Å². The van der Waals surface area contributed by atoms with Crippen molar-refractivity contribution in [1.29, 1.82) is 0 Å². The second-order valence-corrected chi connectivity index (χ2v) is 9.79. The van der Waals surface area contributed by atoms with Gasteiger partial charge in [0, 0.05) is 12.6 Å². The van der Waals surface area contributed by atoms with Crippen molar-refractivity contribution >= 4 is 64.9 Å². The van der Waals surface area contributed by atoms with Gasteiger partial charge in [-0.25, -0.2) is 9.98 Å². The van der Waals surface area contributed by atoms with Gasteiger partial charge in [-0.3, -0.25) is 9.59 Å². The number of hydrogen-bond acceptors (Lipinski definition) is 6. The highest BCUT2D eigenvalue weighted by molar-refractivity contribution is 6.13. The molecule has 40 heavy (non-hydrogen) atoms. The lowest BCUT2D eigenvalue weighted by molar-refractivity contribution is 0.0991. The van der Waals surface area contributed by atoms with E-state index in [9.17, 15) is 9.59 Å². The molecule has 1 aliphatic heterocycles. The minimum absolute atomic E-state index is 0. The Kier molecular flexibility index (Phi) is 9.12. The summed E-state index contributed by atoms with van der Waals surface area (Å²) in [6.07, 6.45) is 0. The van der Waals surface area contributed by atoms with E-state index in [1.165, 1.54) is 7.11 Å². The van der Waals surface area contributed by atoms with Crippen LogP contribution in [0.3, 0.4) is 0 Å². The van der Waals surface area contributed by atoms with Crippen LogP contribution in [0.1, 0.15) is 46.0 Å². The number of anilines is 2. The minimum Gasteiger partial charge on any atom is -0.495 e. The number of carbonyl (C=O) groups excluding carboxylic acids is 2. The van der Waals surface area contributed by atoms with Crippen LogP contribution in [0.25, 0.3) is 11.0 Å². The third kappa shape index (κ3) is 5.90. The van der Waals surface area contributed by atoms with Gasteiger partial charge in [0.15, 0.2) is 0 Å². The number of nitrogens with one attached hydrogen (secondary N) is 2. The standard InChI is InChI=1S/C29H29N5O4.2ClH/c1-17-30-22-11-8-10-20(25(22)31-17)26(35)32-21-14-13-18(15-24(21)37-5)28(36)34(4)23-12-7-6-9-19(23)27-33-29(2,3)16-38-27;;/h6-15H,16H2,1-5H3,(H,30,31)(H,32,35);2*1H. The van der Waals surface area contributed by atoms with Gasteiger partial charge in [-0.05, 0) is 63.2 Å². The summed E-state index contributed by atoms with van der Waals surface area (Å²) in [4.78, 5) is 40.4. The lowest BCUT2D eigenvalue weighted by atomic mass is 10.1. The predicted molar refractivity (Wildman–Crippen MR) is 162 cm³/mol. The van der Waals surface area contributed by atoms with E-state index in [4.69, 9.17) is 9.47 Å². The van der Waals surface area contributed by atoms with Crippen LogP contribution in [0.4, 0.5) is 11.4 Å². The summed E-state index contributed by atoms with van der Waals surface area (Å²) in [5, 5.41) is 2.89. The smallest absolute Gasteiger partial charge is 0.258 e. The predicted octanol–water partition coefficient (Wildman–Crippen LogP) is 5.81. The number of carbonyl (C=O) groups is 2. The molecular formula is C29H31Cl2N5O4. The molecule has 5 rings (SSSR count). The topological polar surface area (TPSA) is 109 Å². The summed E-state index contributed by atoms with van der Waals surface area (Å²) < 4.78 is 11.4. The molecule has 4 aromatic rings.